The highest BCUT2D eigenvalue weighted by atomic mass is 19.1. The topological polar surface area (TPSA) is 62.0 Å². The van der Waals surface area contributed by atoms with E-state index in [0.29, 0.717) is 24.8 Å². The number of hydrogen-bond acceptors (Lipinski definition) is 2. The van der Waals surface area contributed by atoms with Crippen LogP contribution in [0.3, 0.4) is 0 Å². The molecule has 0 unspecified atom stereocenters. The number of H-pyrrole nitrogens is 1. The maximum Gasteiger partial charge on any atom is 0.253 e. The van der Waals surface area contributed by atoms with Gasteiger partial charge in [0.05, 0.1) is 0 Å². The minimum atomic E-state index is -0.262. The van der Waals surface area contributed by atoms with Crippen molar-refractivity contribution in [1.82, 2.24) is 10.3 Å². The number of amides is 1. The molecule has 0 bridgehead atoms. The van der Waals surface area contributed by atoms with Gasteiger partial charge in [-0.05, 0) is 61.0 Å². The Bertz CT molecular complexity index is 977. The maximum atomic E-state index is 12.9. The molecule has 1 aromatic heterocycles. The molecule has 0 aliphatic rings. The number of nitrogens with one attached hydrogen (secondary N) is 2. The van der Waals surface area contributed by atoms with E-state index < -0.39 is 0 Å². The number of pyridine rings is 1. The van der Waals surface area contributed by atoms with Crippen molar-refractivity contribution in [2.45, 2.75) is 32.7 Å². The first-order chi connectivity index (χ1) is 12.5. The summed E-state index contributed by atoms with van der Waals surface area (Å²) in [5, 5.41) is 3.74. The molecule has 3 rings (SSSR count). The molecule has 0 aliphatic carbocycles. The molecule has 2 aromatic carbocycles. The van der Waals surface area contributed by atoms with Gasteiger partial charge in [0, 0.05) is 24.0 Å². The molecular formula is C21H21FN2O2. The van der Waals surface area contributed by atoms with Crippen molar-refractivity contribution in [1.29, 1.82) is 0 Å². The van der Waals surface area contributed by atoms with E-state index in [0.717, 1.165) is 22.0 Å². The third-order valence-corrected chi connectivity index (χ3v) is 4.34. The van der Waals surface area contributed by atoms with Gasteiger partial charge >= 0.3 is 0 Å². The van der Waals surface area contributed by atoms with Crippen molar-refractivity contribution in [2.75, 3.05) is 0 Å². The SMILES string of the molecule is Cc1ccc2[nH]c(=O)c(CNC(=O)CCCc3ccc(F)cc3)cc2c1. The van der Waals surface area contributed by atoms with E-state index in [1.54, 1.807) is 12.1 Å². The predicted octanol–water partition coefficient (Wildman–Crippen LogP) is 3.61. The van der Waals surface area contributed by atoms with E-state index >= 15 is 0 Å². The molecule has 0 fully saturated rings. The molecule has 0 radical (unpaired) electrons. The first kappa shape index (κ1) is 17.9. The van der Waals surface area contributed by atoms with Crippen LogP contribution < -0.4 is 10.9 Å². The summed E-state index contributed by atoms with van der Waals surface area (Å²) >= 11 is 0. The molecule has 0 spiro atoms. The third kappa shape index (κ3) is 4.57. The fourth-order valence-electron chi connectivity index (χ4n) is 2.89. The lowest BCUT2D eigenvalue weighted by molar-refractivity contribution is -0.121. The Hall–Kier alpha value is -2.95. The van der Waals surface area contributed by atoms with Gasteiger partial charge < -0.3 is 10.3 Å². The van der Waals surface area contributed by atoms with Crippen molar-refractivity contribution >= 4 is 16.8 Å². The lowest BCUT2D eigenvalue weighted by Gasteiger charge is -2.07. The van der Waals surface area contributed by atoms with Crippen LogP contribution >= 0.6 is 0 Å². The molecule has 134 valence electrons. The van der Waals surface area contributed by atoms with Crippen molar-refractivity contribution in [3.63, 3.8) is 0 Å². The summed E-state index contributed by atoms with van der Waals surface area (Å²) in [5.41, 5.74) is 3.25. The summed E-state index contributed by atoms with van der Waals surface area (Å²) in [5.74, 6) is -0.363. The quantitative estimate of drug-likeness (QED) is 0.712. The molecule has 1 amide bonds. The fraction of sp³-hybridized carbons (Fsp3) is 0.238. The van der Waals surface area contributed by atoms with Crippen LogP contribution in [-0.4, -0.2) is 10.9 Å². The second-order valence-electron chi connectivity index (χ2n) is 6.47. The summed E-state index contributed by atoms with van der Waals surface area (Å²) in [7, 11) is 0. The van der Waals surface area contributed by atoms with E-state index in [1.165, 1.54) is 12.1 Å². The summed E-state index contributed by atoms with van der Waals surface area (Å²) in [4.78, 5) is 27.0. The number of aromatic amines is 1. The van der Waals surface area contributed by atoms with Crippen LogP contribution in [0, 0.1) is 12.7 Å². The Kier molecular flexibility index (Phi) is 5.46. The number of aromatic nitrogens is 1. The smallest absolute Gasteiger partial charge is 0.253 e. The van der Waals surface area contributed by atoms with Gasteiger partial charge in [0.15, 0.2) is 0 Å². The van der Waals surface area contributed by atoms with Crippen molar-refractivity contribution in [3.05, 3.63) is 81.4 Å². The van der Waals surface area contributed by atoms with E-state index in [4.69, 9.17) is 0 Å². The Morgan fingerprint density at radius 2 is 1.88 bits per heavy atom. The lowest BCUT2D eigenvalue weighted by atomic mass is 10.1. The number of halogens is 1. The Morgan fingerprint density at radius 3 is 2.65 bits per heavy atom. The van der Waals surface area contributed by atoms with Crippen LogP contribution in [-0.2, 0) is 17.8 Å². The van der Waals surface area contributed by atoms with Crippen LogP contribution in [0.15, 0.2) is 53.3 Å². The van der Waals surface area contributed by atoms with E-state index in [9.17, 15) is 14.0 Å². The van der Waals surface area contributed by atoms with E-state index in [-0.39, 0.29) is 23.8 Å². The lowest BCUT2D eigenvalue weighted by Crippen LogP contribution is -2.26. The molecule has 0 atom stereocenters. The maximum absolute atomic E-state index is 12.9. The number of rotatable bonds is 6. The summed E-state index contributed by atoms with van der Waals surface area (Å²) in [6.45, 7) is 2.20. The first-order valence-electron chi connectivity index (χ1n) is 8.65. The molecule has 2 N–H and O–H groups in total. The molecular weight excluding hydrogens is 331 g/mol. The van der Waals surface area contributed by atoms with Crippen molar-refractivity contribution in [2.24, 2.45) is 0 Å². The van der Waals surface area contributed by atoms with Gasteiger partial charge in [0.2, 0.25) is 5.91 Å². The van der Waals surface area contributed by atoms with Crippen LogP contribution in [0.5, 0.6) is 0 Å². The highest BCUT2D eigenvalue weighted by molar-refractivity contribution is 5.80. The van der Waals surface area contributed by atoms with Crippen LogP contribution in [0.25, 0.3) is 10.9 Å². The highest BCUT2D eigenvalue weighted by Gasteiger charge is 2.06. The van der Waals surface area contributed by atoms with Gasteiger partial charge in [-0.1, -0.05) is 23.8 Å². The van der Waals surface area contributed by atoms with Crippen molar-refractivity contribution in [3.8, 4) is 0 Å². The molecule has 0 saturated carbocycles. The van der Waals surface area contributed by atoms with Gasteiger partial charge in [-0.3, -0.25) is 9.59 Å². The summed E-state index contributed by atoms with van der Waals surface area (Å²) in [6, 6.07) is 13.9. The zero-order valence-electron chi connectivity index (χ0n) is 14.6. The minimum Gasteiger partial charge on any atom is -0.352 e. The number of carbonyl (C=O) groups is 1. The summed E-state index contributed by atoms with van der Waals surface area (Å²) in [6.07, 6.45) is 1.75. The fourth-order valence-corrected chi connectivity index (χ4v) is 2.89. The van der Waals surface area contributed by atoms with Crippen molar-refractivity contribution < 1.29 is 9.18 Å². The number of benzene rings is 2. The van der Waals surface area contributed by atoms with Gasteiger partial charge in [-0.2, -0.15) is 0 Å². The van der Waals surface area contributed by atoms with Gasteiger partial charge in [0.1, 0.15) is 5.82 Å². The molecule has 26 heavy (non-hydrogen) atoms. The second kappa shape index (κ2) is 7.95. The minimum absolute atomic E-state index is 0.101. The average Bonchev–Trinajstić information content (AvgIpc) is 2.62. The second-order valence-corrected chi connectivity index (χ2v) is 6.47. The molecule has 1 heterocycles. The normalized spacial score (nSPS) is 10.8. The summed E-state index contributed by atoms with van der Waals surface area (Å²) < 4.78 is 12.9. The standard InChI is InChI=1S/C21H21FN2O2/c1-14-5-10-19-16(11-14)12-17(21(26)24-19)13-23-20(25)4-2-3-15-6-8-18(22)9-7-15/h5-12H,2-4,13H2,1H3,(H,23,25)(H,24,26). The van der Waals surface area contributed by atoms with Crippen LogP contribution in [0.2, 0.25) is 0 Å². The Morgan fingerprint density at radius 1 is 1.12 bits per heavy atom. The average molecular weight is 352 g/mol. The number of hydrogen-bond donors (Lipinski definition) is 2. The van der Waals surface area contributed by atoms with E-state index in [1.807, 2.05) is 31.2 Å². The van der Waals surface area contributed by atoms with Crippen LogP contribution in [0.4, 0.5) is 4.39 Å². The molecule has 0 saturated heterocycles. The van der Waals surface area contributed by atoms with E-state index in [2.05, 4.69) is 10.3 Å². The monoisotopic (exact) mass is 352 g/mol. The zero-order valence-corrected chi connectivity index (χ0v) is 14.6. The first-order valence-corrected chi connectivity index (χ1v) is 8.65. The third-order valence-electron chi connectivity index (χ3n) is 4.34. The molecule has 3 aromatic rings. The molecule has 4 nitrogen and oxygen atoms in total. The van der Waals surface area contributed by atoms with Gasteiger partial charge in [-0.25, -0.2) is 4.39 Å². The van der Waals surface area contributed by atoms with Crippen LogP contribution in [0.1, 0.15) is 29.5 Å². The Balaban J connectivity index is 1.54. The molecule has 5 heteroatoms. The van der Waals surface area contributed by atoms with Gasteiger partial charge in [0.25, 0.3) is 5.56 Å². The number of carbonyl (C=O) groups excluding carboxylic acids is 1. The highest BCUT2D eigenvalue weighted by Crippen LogP contribution is 2.13. The number of fused-ring (bicyclic) bond motifs is 1. The predicted molar refractivity (Wildman–Crippen MR) is 100 cm³/mol. The van der Waals surface area contributed by atoms with Gasteiger partial charge in [-0.15, -0.1) is 0 Å². The number of aryl methyl sites for hydroxylation is 2. The Labute approximate surface area is 151 Å². The largest absolute Gasteiger partial charge is 0.352 e. The zero-order chi connectivity index (χ0) is 18.5. The molecule has 0 aliphatic heterocycles.